The van der Waals surface area contributed by atoms with Gasteiger partial charge >= 0.3 is 0 Å². The van der Waals surface area contributed by atoms with E-state index in [0.717, 1.165) is 40.9 Å². The highest BCUT2D eigenvalue weighted by molar-refractivity contribution is 6.30. The minimum atomic E-state index is -0.392. The Kier molecular flexibility index (Phi) is 4.87. The fourth-order valence-corrected chi connectivity index (χ4v) is 4.41. The van der Waals surface area contributed by atoms with Gasteiger partial charge in [-0.05, 0) is 49.1 Å². The molecule has 0 saturated heterocycles. The lowest BCUT2D eigenvalue weighted by molar-refractivity contribution is -0.116. The number of allylic oxidation sites excluding steroid dienone is 2. The van der Waals surface area contributed by atoms with Gasteiger partial charge in [0, 0.05) is 28.4 Å². The second kappa shape index (κ2) is 7.71. The molecule has 2 heterocycles. The van der Waals surface area contributed by atoms with Gasteiger partial charge in [0.15, 0.2) is 5.78 Å². The van der Waals surface area contributed by atoms with Crippen molar-refractivity contribution in [1.29, 1.82) is 0 Å². The van der Waals surface area contributed by atoms with Crippen LogP contribution in [-0.2, 0) is 4.79 Å². The summed E-state index contributed by atoms with van der Waals surface area (Å²) >= 11 is 6.09. The predicted molar refractivity (Wildman–Crippen MR) is 120 cm³/mol. The fraction of sp³-hybridized carbons (Fsp3) is 0.208. The van der Waals surface area contributed by atoms with Crippen LogP contribution in [0.1, 0.15) is 46.8 Å². The number of ketones is 1. The predicted octanol–water partition coefficient (Wildman–Crippen LogP) is 5.12. The molecule has 0 spiro atoms. The van der Waals surface area contributed by atoms with E-state index in [-0.39, 0.29) is 11.7 Å². The zero-order chi connectivity index (χ0) is 21.5. The van der Waals surface area contributed by atoms with Crippen molar-refractivity contribution in [2.45, 2.75) is 32.2 Å². The molecular formula is C24H21ClN4O2. The van der Waals surface area contributed by atoms with Crippen molar-refractivity contribution < 1.29 is 9.59 Å². The van der Waals surface area contributed by atoms with E-state index in [4.69, 9.17) is 11.6 Å². The molecule has 1 aromatic heterocycles. The van der Waals surface area contributed by atoms with E-state index in [0.29, 0.717) is 22.8 Å². The molecule has 2 aliphatic rings. The third-order valence-electron chi connectivity index (χ3n) is 5.86. The summed E-state index contributed by atoms with van der Waals surface area (Å²) in [5.41, 5.74) is 4.66. The van der Waals surface area contributed by atoms with Gasteiger partial charge < -0.3 is 10.6 Å². The molecule has 0 fully saturated rings. The van der Waals surface area contributed by atoms with Crippen molar-refractivity contribution in [3.8, 4) is 0 Å². The van der Waals surface area contributed by atoms with Gasteiger partial charge in [-0.2, -0.15) is 5.10 Å². The summed E-state index contributed by atoms with van der Waals surface area (Å²) in [6, 6.07) is 14.7. The minimum Gasteiger partial charge on any atom is -0.343 e. The van der Waals surface area contributed by atoms with E-state index >= 15 is 0 Å². The van der Waals surface area contributed by atoms with Gasteiger partial charge in [-0.15, -0.1) is 0 Å². The van der Waals surface area contributed by atoms with Crippen LogP contribution in [-0.4, -0.2) is 21.5 Å². The summed E-state index contributed by atoms with van der Waals surface area (Å²) in [5.74, 6) is 0.462. The lowest BCUT2D eigenvalue weighted by Crippen LogP contribution is -2.32. The molecule has 156 valence electrons. The summed E-state index contributed by atoms with van der Waals surface area (Å²) in [4.78, 5) is 26.0. The summed E-state index contributed by atoms with van der Waals surface area (Å²) in [7, 11) is 0. The van der Waals surface area contributed by atoms with E-state index in [1.807, 2.05) is 43.3 Å². The zero-order valence-electron chi connectivity index (χ0n) is 17.0. The van der Waals surface area contributed by atoms with Gasteiger partial charge in [-0.25, -0.2) is 4.68 Å². The van der Waals surface area contributed by atoms with Crippen LogP contribution < -0.4 is 10.6 Å². The van der Waals surface area contributed by atoms with Crippen LogP contribution in [0.4, 0.5) is 11.5 Å². The van der Waals surface area contributed by atoms with Crippen molar-refractivity contribution in [2.75, 3.05) is 10.6 Å². The number of para-hydroxylation sites is 1. The van der Waals surface area contributed by atoms with Gasteiger partial charge in [-0.1, -0.05) is 41.9 Å². The Morgan fingerprint density at radius 3 is 2.71 bits per heavy atom. The van der Waals surface area contributed by atoms with E-state index in [1.54, 1.807) is 23.0 Å². The molecule has 2 N–H and O–H groups in total. The molecule has 5 rings (SSSR count). The quantitative estimate of drug-likeness (QED) is 0.602. The van der Waals surface area contributed by atoms with Gasteiger partial charge in [0.05, 0.1) is 6.20 Å². The van der Waals surface area contributed by atoms with Crippen LogP contribution >= 0.6 is 11.6 Å². The first-order valence-electron chi connectivity index (χ1n) is 10.3. The Morgan fingerprint density at radius 1 is 1.16 bits per heavy atom. The number of fused-ring (bicyclic) bond motifs is 1. The molecule has 0 bridgehead atoms. The number of carbonyl (C=O) groups is 2. The Morgan fingerprint density at radius 2 is 1.94 bits per heavy atom. The van der Waals surface area contributed by atoms with Gasteiger partial charge in [0.25, 0.3) is 5.91 Å². The number of nitrogens with one attached hydrogen (secondary N) is 2. The Labute approximate surface area is 184 Å². The lowest BCUT2D eigenvalue weighted by atomic mass is 9.85. The Balaban J connectivity index is 1.58. The third-order valence-corrected chi connectivity index (χ3v) is 6.11. The average Bonchev–Trinajstić information content (AvgIpc) is 3.18. The molecule has 31 heavy (non-hydrogen) atoms. The highest BCUT2D eigenvalue weighted by Gasteiger charge is 2.37. The van der Waals surface area contributed by atoms with E-state index in [1.165, 1.54) is 0 Å². The molecule has 2 aromatic carbocycles. The van der Waals surface area contributed by atoms with Gasteiger partial charge in [0.2, 0.25) is 0 Å². The second-order valence-corrected chi connectivity index (χ2v) is 8.30. The molecule has 0 unspecified atom stereocenters. The van der Waals surface area contributed by atoms with Gasteiger partial charge in [-0.3, -0.25) is 9.59 Å². The van der Waals surface area contributed by atoms with Crippen molar-refractivity contribution in [1.82, 2.24) is 9.78 Å². The monoisotopic (exact) mass is 432 g/mol. The molecule has 1 aliphatic carbocycles. The maximum atomic E-state index is 13.1. The topological polar surface area (TPSA) is 76.0 Å². The molecular weight excluding hydrogens is 412 g/mol. The van der Waals surface area contributed by atoms with E-state index < -0.39 is 6.04 Å². The number of aryl methyl sites for hydroxylation is 1. The third kappa shape index (κ3) is 3.43. The maximum Gasteiger partial charge on any atom is 0.261 e. The molecule has 3 aromatic rings. The highest BCUT2D eigenvalue weighted by Crippen LogP contribution is 2.41. The van der Waals surface area contributed by atoms with Crippen LogP contribution in [0.2, 0.25) is 5.02 Å². The number of nitrogens with zero attached hydrogens (tertiary/aromatic N) is 2. The number of carbonyl (C=O) groups excluding carboxylic acids is 2. The summed E-state index contributed by atoms with van der Waals surface area (Å²) in [6.07, 6.45) is 3.62. The standard InChI is InChI=1S/C24H21ClN4O2/c1-14-5-2-3-6-18(14)28-24(31)17-13-26-29-22(15-9-11-16(25)12-10-15)21-19(27-23(17)29)7-4-8-20(21)30/h2-3,5-6,9-13,22,27H,4,7-8H2,1H3,(H,28,31)/t22-/m1/s1. The van der Waals surface area contributed by atoms with E-state index in [2.05, 4.69) is 15.7 Å². The van der Waals surface area contributed by atoms with Crippen molar-refractivity contribution in [3.63, 3.8) is 0 Å². The van der Waals surface area contributed by atoms with Crippen LogP contribution in [0.25, 0.3) is 0 Å². The number of rotatable bonds is 3. The largest absolute Gasteiger partial charge is 0.343 e. The molecule has 6 nitrogen and oxygen atoms in total. The molecule has 0 radical (unpaired) electrons. The van der Waals surface area contributed by atoms with Crippen LogP contribution in [0.3, 0.4) is 0 Å². The second-order valence-electron chi connectivity index (χ2n) is 7.87. The number of hydrogen-bond donors (Lipinski definition) is 2. The van der Waals surface area contributed by atoms with E-state index in [9.17, 15) is 9.59 Å². The molecule has 7 heteroatoms. The number of hydrogen-bond acceptors (Lipinski definition) is 4. The van der Waals surface area contributed by atoms with Gasteiger partial charge in [0.1, 0.15) is 17.4 Å². The Bertz CT molecular complexity index is 1230. The van der Waals surface area contributed by atoms with Crippen LogP contribution in [0.5, 0.6) is 0 Å². The number of aromatic nitrogens is 2. The number of benzene rings is 2. The van der Waals surface area contributed by atoms with Crippen molar-refractivity contribution in [3.05, 3.63) is 87.7 Å². The maximum absolute atomic E-state index is 13.1. The number of amides is 1. The minimum absolute atomic E-state index is 0.112. The molecule has 1 aliphatic heterocycles. The molecule has 1 atom stereocenters. The average molecular weight is 433 g/mol. The smallest absolute Gasteiger partial charge is 0.261 e. The number of anilines is 2. The molecule has 1 amide bonds. The SMILES string of the molecule is Cc1ccccc1NC(=O)c1cnn2c1NC1=C(C(=O)CCC1)[C@H]2c1ccc(Cl)cc1. The van der Waals surface area contributed by atoms with Crippen molar-refractivity contribution in [2.24, 2.45) is 0 Å². The Hall–Kier alpha value is -3.38. The molecule has 0 saturated carbocycles. The first-order chi connectivity index (χ1) is 15.0. The number of Topliss-reactive ketones (excluding diaryl/α,β-unsaturated/α-hetero) is 1. The highest BCUT2D eigenvalue weighted by atomic mass is 35.5. The normalized spacial score (nSPS) is 17.6. The first kappa shape index (κ1) is 19.6. The summed E-state index contributed by atoms with van der Waals surface area (Å²) < 4.78 is 1.73. The number of halogens is 1. The fourth-order valence-electron chi connectivity index (χ4n) is 4.28. The summed E-state index contributed by atoms with van der Waals surface area (Å²) in [5, 5.41) is 11.5. The van der Waals surface area contributed by atoms with Crippen LogP contribution in [0.15, 0.2) is 66.0 Å². The first-order valence-corrected chi connectivity index (χ1v) is 10.6. The van der Waals surface area contributed by atoms with Crippen molar-refractivity contribution >= 4 is 34.8 Å². The van der Waals surface area contributed by atoms with Crippen LogP contribution in [0, 0.1) is 6.92 Å². The lowest BCUT2D eigenvalue weighted by Gasteiger charge is -2.33. The summed E-state index contributed by atoms with van der Waals surface area (Å²) in [6.45, 7) is 1.95. The zero-order valence-corrected chi connectivity index (χ0v) is 17.7.